The van der Waals surface area contributed by atoms with Crippen molar-refractivity contribution in [3.05, 3.63) is 36.4 Å². The highest BCUT2D eigenvalue weighted by Crippen LogP contribution is 2.28. The highest BCUT2D eigenvalue weighted by atomic mass is 19.4. The number of aromatic nitrogens is 3. The van der Waals surface area contributed by atoms with Crippen LogP contribution >= 0.6 is 0 Å². The summed E-state index contributed by atoms with van der Waals surface area (Å²) in [6, 6.07) is 4.74. The van der Waals surface area contributed by atoms with Crippen LogP contribution in [0.25, 0.3) is 0 Å². The van der Waals surface area contributed by atoms with E-state index in [9.17, 15) is 22.4 Å². The van der Waals surface area contributed by atoms with E-state index >= 15 is 0 Å². The maximum Gasteiger partial charge on any atom is 0.490 e. The number of carbonyl (C=O) groups is 2. The van der Waals surface area contributed by atoms with Crippen molar-refractivity contribution in [2.75, 3.05) is 42.5 Å². The number of carbonyl (C=O) groups excluding carboxylic acids is 1. The van der Waals surface area contributed by atoms with Gasteiger partial charge in [0.25, 0.3) is 0 Å². The number of nitrogens with one attached hydrogen (secondary N) is 1. The van der Waals surface area contributed by atoms with Crippen molar-refractivity contribution in [3.63, 3.8) is 0 Å². The van der Waals surface area contributed by atoms with Crippen LogP contribution in [0.3, 0.4) is 0 Å². The minimum Gasteiger partial charge on any atom is -0.475 e. The van der Waals surface area contributed by atoms with Gasteiger partial charge in [-0.15, -0.1) is 5.10 Å². The molecule has 0 saturated carbocycles. The van der Waals surface area contributed by atoms with Crippen molar-refractivity contribution in [1.82, 2.24) is 19.9 Å². The number of benzene rings is 1. The SMILES string of the molecule is N=C(N)N1CCN(c2ccc(N3C[C@H](Cn4ccnn4)OC3=O)cc2F)CC1.O=C(O)C(F)(F)F. The Kier molecular flexibility index (Phi) is 7.61. The van der Waals surface area contributed by atoms with E-state index in [2.05, 4.69) is 10.3 Å². The first kappa shape index (κ1) is 25.5. The Morgan fingerprint density at radius 1 is 1.26 bits per heavy atom. The summed E-state index contributed by atoms with van der Waals surface area (Å²) >= 11 is 0. The summed E-state index contributed by atoms with van der Waals surface area (Å²) in [4.78, 5) is 26.2. The Labute approximate surface area is 195 Å². The number of nitrogens with zero attached hydrogens (tertiary/aromatic N) is 6. The highest BCUT2D eigenvalue weighted by molar-refractivity contribution is 5.90. The van der Waals surface area contributed by atoms with E-state index in [0.29, 0.717) is 50.6 Å². The summed E-state index contributed by atoms with van der Waals surface area (Å²) in [6.07, 6.45) is -2.72. The Balaban J connectivity index is 0.000000429. The van der Waals surface area contributed by atoms with Gasteiger partial charge in [-0.05, 0) is 18.2 Å². The molecule has 4 rings (SSSR count). The van der Waals surface area contributed by atoms with Gasteiger partial charge in [0.2, 0.25) is 0 Å². The van der Waals surface area contributed by atoms with Crippen LogP contribution in [0.2, 0.25) is 0 Å². The number of cyclic esters (lactones) is 1. The molecule has 2 fully saturated rings. The molecule has 0 radical (unpaired) electrons. The van der Waals surface area contributed by atoms with E-state index in [1.54, 1.807) is 34.1 Å². The number of alkyl halides is 3. The molecule has 1 atom stereocenters. The molecule has 3 heterocycles. The number of aliphatic carboxylic acids is 1. The molecule has 1 aromatic carbocycles. The van der Waals surface area contributed by atoms with Crippen LogP contribution in [0.15, 0.2) is 30.6 Å². The first-order valence-corrected chi connectivity index (χ1v) is 10.2. The average molecular weight is 502 g/mol. The van der Waals surface area contributed by atoms with Gasteiger partial charge in [0.15, 0.2) is 5.96 Å². The van der Waals surface area contributed by atoms with E-state index in [1.165, 1.54) is 11.0 Å². The zero-order chi connectivity index (χ0) is 25.8. The number of carboxylic acids is 1. The van der Waals surface area contributed by atoms with Gasteiger partial charge in [-0.25, -0.2) is 18.7 Å². The lowest BCUT2D eigenvalue weighted by molar-refractivity contribution is -0.192. The minimum atomic E-state index is -5.08. The fourth-order valence-corrected chi connectivity index (χ4v) is 3.47. The molecule has 0 bridgehead atoms. The van der Waals surface area contributed by atoms with Crippen molar-refractivity contribution in [2.24, 2.45) is 5.73 Å². The van der Waals surface area contributed by atoms with Crippen molar-refractivity contribution in [3.8, 4) is 0 Å². The smallest absolute Gasteiger partial charge is 0.475 e. The summed E-state index contributed by atoms with van der Waals surface area (Å²) in [7, 11) is 0. The topological polar surface area (TPSA) is 154 Å². The first-order chi connectivity index (χ1) is 16.5. The largest absolute Gasteiger partial charge is 0.490 e. The quantitative estimate of drug-likeness (QED) is 0.317. The van der Waals surface area contributed by atoms with Crippen molar-refractivity contribution in [2.45, 2.75) is 18.8 Å². The molecule has 0 aliphatic carbocycles. The second-order valence-corrected chi connectivity index (χ2v) is 7.54. The number of anilines is 2. The molecule has 190 valence electrons. The molecule has 2 aromatic rings. The number of piperazine rings is 1. The fraction of sp³-hybridized carbons (Fsp3) is 0.421. The zero-order valence-corrected chi connectivity index (χ0v) is 18.2. The van der Waals surface area contributed by atoms with Gasteiger partial charge in [0.1, 0.15) is 11.9 Å². The summed E-state index contributed by atoms with van der Waals surface area (Å²) < 4.78 is 53.4. The van der Waals surface area contributed by atoms with E-state index in [-0.39, 0.29) is 12.1 Å². The summed E-state index contributed by atoms with van der Waals surface area (Å²) in [5.74, 6) is -3.13. The molecule has 1 amide bonds. The van der Waals surface area contributed by atoms with E-state index in [1.807, 2.05) is 4.90 Å². The van der Waals surface area contributed by atoms with Crippen LogP contribution in [0, 0.1) is 11.2 Å². The van der Waals surface area contributed by atoms with Gasteiger partial charge in [-0.3, -0.25) is 10.3 Å². The van der Waals surface area contributed by atoms with Gasteiger partial charge in [-0.1, -0.05) is 5.21 Å². The Morgan fingerprint density at radius 3 is 2.43 bits per heavy atom. The van der Waals surface area contributed by atoms with Crippen LogP contribution in [-0.2, 0) is 16.1 Å². The predicted molar refractivity (Wildman–Crippen MR) is 113 cm³/mol. The van der Waals surface area contributed by atoms with Crippen LogP contribution in [-0.4, -0.2) is 88.0 Å². The number of hydrogen-bond acceptors (Lipinski definition) is 7. The Hall–Kier alpha value is -4.11. The molecule has 1 aromatic heterocycles. The van der Waals surface area contributed by atoms with Gasteiger partial charge in [-0.2, -0.15) is 13.2 Å². The van der Waals surface area contributed by atoms with Crippen molar-refractivity contribution in [1.29, 1.82) is 5.41 Å². The van der Waals surface area contributed by atoms with E-state index in [4.69, 9.17) is 25.8 Å². The number of ether oxygens (including phenoxy) is 1. The van der Waals surface area contributed by atoms with Crippen LogP contribution in [0.1, 0.15) is 0 Å². The maximum atomic E-state index is 14.7. The second-order valence-electron chi connectivity index (χ2n) is 7.54. The lowest BCUT2D eigenvalue weighted by Crippen LogP contribution is -2.51. The van der Waals surface area contributed by atoms with Gasteiger partial charge in [0.05, 0.1) is 30.7 Å². The third-order valence-electron chi connectivity index (χ3n) is 5.18. The van der Waals surface area contributed by atoms with E-state index < -0.39 is 24.1 Å². The maximum absolute atomic E-state index is 14.7. The molecular weight excluding hydrogens is 480 g/mol. The number of rotatable bonds is 4. The van der Waals surface area contributed by atoms with Crippen LogP contribution in [0.5, 0.6) is 0 Å². The van der Waals surface area contributed by atoms with Gasteiger partial charge >= 0.3 is 18.2 Å². The number of hydrogen-bond donors (Lipinski definition) is 3. The third-order valence-corrected chi connectivity index (χ3v) is 5.18. The number of amides is 1. The molecule has 0 unspecified atom stereocenters. The molecule has 2 aliphatic rings. The second kappa shape index (κ2) is 10.4. The first-order valence-electron chi connectivity index (χ1n) is 10.2. The molecular formula is C19H22F4N8O4. The van der Waals surface area contributed by atoms with Crippen LogP contribution in [0.4, 0.5) is 33.7 Å². The summed E-state index contributed by atoms with van der Waals surface area (Å²) in [5, 5.41) is 22.2. The third kappa shape index (κ3) is 6.48. The lowest BCUT2D eigenvalue weighted by Gasteiger charge is -2.36. The minimum absolute atomic E-state index is 0.0310. The zero-order valence-electron chi connectivity index (χ0n) is 18.2. The van der Waals surface area contributed by atoms with Crippen molar-refractivity contribution >= 4 is 29.4 Å². The normalized spacial score (nSPS) is 18.1. The number of guanidine groups is 1. The van der Waals surface area contributed by atoms with Crippen molar-refractivity contribution < 1.29 is 37.0 Å². The van der Waals surface area contributed by atoms with Gasteiger partial charge in [0, 0.05) is 32.4 Å². The summed E-state index contributed by atoms with van der Waals surface area (Å²) in [6.45, 7) is 2.99. The molecule has 0 spiro atoms. The lowest BCUT2D eigenvalue weighted by atomic mass is 10.2. The number of halogens is 4. The van der Waals surface area contributed by atoms with Gasteiger partial charge < -0.3 is 25.4 Å². The number of nitrogens with two attached hydrogens (primary N) is 1. The molecule has 2 aliphatic heterocycles. The Morgan fingerprint density at radius 2 is 1.91 bits per heavy atom. The standard InChI is InChI=1S/C17H21FN8O2.C2HF3O2/c18-14-9-12(1-2-15(14)23-5-7-24(8-6-23)16(19)20)26-11-13(28-17(26)27)10-25-4-3-21-22-25;3-2(4,5)1(6)7/h1-4,9,13H,5-8,10-11H2,(H3,19,20);(H,6,7)/t13-;/m0./s1. The molecule has 16 heteroatoms. The Bertz CT molecular complexity index is 1060. The van der Waals surface area contributed by atoms with E-state index in [0.717, 1.165) is 0 Å². The number of carboxylic acid groups (broad SMARTS) is 1. The van der Waals surface area contributed by atoms with Crippen LogP contribution < -0.4 is 15.5 Å². The molecule has 2 saturated heterocycles. The molecule has 12 nitrogen and oxygen atoms in total. The highest BCUT2D eigenvalue weighted by Gasteiger charge is 2.38. The average Bonchev–Trinajstić information content (AvgIpc) is 3.43. The molecule has 35 heavy (non-hydrogen) atoms. The molecule has 4 N–H and O–H groups in total. The predicted octanol–water partition coefficient (Wildman–Crippen LogP) is 1.09. The monoisotopic (exact) mass is 502 g/mol. The summed E-state index contributed by atoms with van der Waals surface area (Å²) in [5.41, 5.74) is 6.42. The fourth-order valence-electron chi connectivity index (χ4n) is 3.47.